The van der Waals surface area contributed by atoms with Crippen molar-refractivity contribution in [2.45, 2.75) is 26.4 Å². The van der Waals surface area contributed by atoms with Gasteiger partial charge in [-0.3, -0.25) is 0 Å². The van der Waals surface area contributed by atoms with E-state index in [2.05, 4.69) is 47.3 Å². The van der Waals surface area contributed by atoms with Crippen LogP contribution in [-0.4, -0.2) is 22.8 Å². The molecule has 0 saturated heterocycles. The predicted molar refractivity (Wildman–Crippen MR) is 71.0 cm³/mol. The van der Waals surface area contributed by atoms with E-state index in [-0.39, 0.29) is 6.61 Å². The maximum Gasteiger partial charge on any atom is 0.0483 e. The quantitative estimate of drug-likeness (QED) is 0.800. The van der Waals surface area contributed by atoms with Crippen molar-refractivity contribution in [3.63, 3.8) is 0 Å². The number of nitrogens with zero attached hydrogens (tertiary/aromatic N) is 1. The molecule has 0 unspecified atom stereocenters. The van der Waals surface area contributed by atoms with Gasteiger partial charge in [-0.15, -0.1) is 0 Å². The topological polar surface area (TPSA) is 37.2 Å². The molecule has 0 radical (unpaired) electrons. The highest BCUT2D eigenvalue weighted by molar-refractivity contribution is 5.80. The molecule has 2 rings (SSSR count). The van der Waals surface area contributed by atoms with Crippen LogP contribution in [0.3, 0.4) is 0 Å². The predicted octanol–water partition coefficient (Wildman–Crippen LogP) is 2.13. The summed E-state index contributed by atoms with van der Waals surface area (Å²) >= 11 is 0. The molecular formula is C14H20N2O. The second-order valence-corrected chi connectivity index (χ2v) is 4.26. The fraction of sp³-hybridized carbons (Fsp3) is 0.429. The summed E-state index contributed by atoms with van der Waals surface area (Å²) in [6.45, 7) is 5.14. The minimum absolute atomic E-state index is 0.247. The Hall–Kier alpha value is -1.32. The van der Waals surface area contributed by atoms with E-state index < -0.39 is 0 Å². The molecule has 3 nitrogen and oxygen atoms in total. The first-order valence-corrected chi connectivity index (χ1v) is 6.24. The molecule has 0 atom stereocenters. The van der Waals surface area contributed by atoms with Crippen molar-refractivity contribution in [3.05, 3.63) is 36.0 Å². The lowest BCUT2D eigenvalue weighted by molar-refractivity contribution is 0.280. The second-order valence-electron chi connectivity index (χ2n) is 4.26. The first-order chi connectivity index (χ1) is 8.35. The molecule has 0 aliphatic carbocycles. The summed E-state index contributed by atoms with van der Waals surface area (Å²) in [5.41, 5.74) is 2.57. The van der Waals surface area contributed by atoms with Crippen molar-refractivity contribution in [2.24, 2.45) is 0 Å². The Morgan fingerprint density at radius 3 is 2.94 bits per heavy atom. The summed E-state index contributed by atoms with van der Waals surface area (Å²) in [7, 11) is 0. The van der Waals surface area contributed by atoms with Gasteiger partial charge in [-0.05, 0) is 36.0 Å². The van der Waals surface area contributed by atoms with Crippen LogP contribution in [-0.2, 0) is 13.1 Å². The standard InChI is InChI=1S/C14H20N2O/c1-2-15-11-12-4-5-13-6-8-16(7-3-9-17)14(13)10-12/h4-6,8,10,15,17H,2-3,7,9,11H2,1H3. The number of fused-ring (bicyclic) bond motifs is 1. The van der Waals surface area contributed by atoms with Crippen LogP contribution in [0.15, 0.2) is 30.5 Å². The number of aliphatic hydroxyl groups excluding tert-OH is 1. The van der Waals surface area contributed by atoms with Gasteiger partial charge in [-0.1, -0.05) is 19.1 Å². The maximum atomic E-state index is 8.88. The van der Waals surface area contributed by atoms with E-state index in [9.17, 15) is 0 Å². The molecule has 2 N–H and O–H groups in total. The Morgan fingerprint density at radius 2 is 2.18 bits per heavy atom. The van der Waals surface area contributed by atoms with E-state index in [4.69, 9.17) is 5.11 Å². The van der Waals surface area contributed by atoms with E-state index in [1.165, 1.54) is 16.5 Å². The average Bonchev–Trinajstić information content (AvgIpc) is 2.76. The number of hydrogen-bond donors (Lipinski definition) is 2. The third-order valence-corrected chi connectivity index (χ3v) is 2.97. The highest BCUT2D eigenvalue weighted by atomic mass is 16.3. The summed E-state index contributed by atoms with van der Waals surface area (Å²) in [6.07, 6.45) is 2.90. The minimum Gasteiger partial charge on any atom is -0.396 e. The van der Waals surface area contributed by atoms with E-state index in [0.29, 0.717) is 0 Å². The van der Waals surface area contributed by atoms with Crippen LogP contribution in [0.4, 0.5) is 0 Å². The molecular weight excluding hydrogens is 212 g/mol. The summed E-state index contributed by atoms with van der Waals surface area (Å²) in [5, 5.41) is 13.5. The first kappa shape index (κ1) is 12.1. The van der Waals surface area contributed by atoms with Gasteiger partial charge in [0, 0.05) is 31.4 Å². The van der Waals surface area contributed by atoms with Gasteiger partial charge in [0.25, 0.3) is 0 Å². The fourth-order valence-corrected chi connectivity index (χ4v) is 2.04. The summed E-state index contributed by atoms with van der Waals surface area (Å²) in [4.78, 5) is 0. The first-order valence-electron chi connectivity index (χ1n) is 6.24. The van der Waals surface area contributed by atoms with E-state index in [0.717, 1.165) is 26.1 Å². The van der Waals surface area contributed by atoms with Crippen LogP contribution in [0.25, 0.3) is 10.9 Å². The van der Waals surface area contributed by atoms with Crippen molar-refractivity contribution in [1.82, 2.24) is 9.88 Å². The Bertz CT molecular complexity index is 476. The Kier molecular flexibility index (Phi) is 4.18. The van der Waals surface area contributed by atoms with Crippen molar-refractivity contribution in [3.8, 4) is 0 Å². The number of aliphatic hydroxyl groups is 1. The van der Waals surface area contributed by atoms with E-state index >= 15 is 0 Å². The van der Waals surface area contributed by atoms with Crippen LogP contribution in [0, 0.1) is 0 Å². The molecule has 17 heavy (non-hydrogen) atoms. The fourth-order valence-electron chi connectivity index (χ4n) is 2.04. The van der Waals surface area contributed by atoms with Gasteiger partial charge in [0.05, 0.1) is 0 Å². The average molecular weight is 232 g/mol. The second kappa shape index (κ2) is 5.84. The van der Waals surface area contributed by atoms with Gasteiger partial charge in [-0.25, -0.2) is 0 Å². The smallest absolute Gasteiger partial charge is 0.0483 e. The zero-order chi connectivity index (χ0) is 12.1. The summed E-state index contributed by atoms with van der Waals surface area (Å²) in [5.74, 6) is 0. The molecule has 0 bridgehead atoms. The number of aryl methyl sites for hydroxylation is 1. The van der Waals surface area contributed by atoms with Crippen molar-refractivity contribution in [1.29, 1.82) is 0 Å². The van der Waals surface area contributed by atoms with E-state index in [1.54, 1.807) is 0 Å². The van der Waals surface area contributed by atoms with Gasteiger partial charge >= 0.3 is 0 Å². The van der Waals surface area contributed by atoms with Crippen LogP contribution >= 0.6 is 0 Å². The molecule has 92 valence electrons. The third kappa shape index (κ3) is 2.87. The minimum atomic E-state index is 0.247. The molecule has 0 amide bonds. The lowest BCUT2D eigenvalue weighted by Crippen LogP contribution is -2.11. The summed E-state index contributed by atoms with van der Waals surface area (Å²) in [6, 6.07) is 8.69. The van der Waals surface area contributed by atoms with Crippen LogP contribution in [0.2, 0.25) is 0 Å². The van der Waals surface area contributed by atoms with Gasteiger partial charge in [-0.2, -0.15) is 0 Å². The zero-order valence-corrected chi connectivity index (χ0v) is 10.3. The SMILES string of the molecule is CCNCc1ccc2ccn(CCCO)c2c1. The van der Waals surface area contributed by atoms with Gasteiger partial charge in [0.15, 0.2) is 0 Å². The highest BCUT2D eigenvalue weighted by Crippen LogP contribution is 2.18. The lowest BCUT2D eigenvalue weighted by atomic mass is 10.1. The zero-order valence-electron chi connectivity index (χ0n) is 10.3. The monoisotopic (exact) mass is 232 g/mol. The lowest BCUT2D eigenvalue weighted by Gasteiger charge is -2.06. The highest BCUT2D eigenvalue weighted by Gasteiger charge is 2.02. The molecule has 0 saturated carbocycles. The molecule has 0 aliphatic heterocycles. The van der Waals surface area contributed by atoms with Crippen LogP contribution in [0.5, 0.6) is 0 Å². The number of benzene rings is 1. The van der Waals surface area contributed by atoms with Crippen molar-refractivity contribution >= 4 is 10.9 Å². The summed E-state index contributed by atoms with van der Waals surface area (Å²) < 4.78 is 2.21. The van der Waals surface area contributed by atoms with Gasteiger partial charge in [0.1, 0.15) is 0 Å². The largest absolute Gasteiger partial charge is 0.396 e. The molecule has 1 aromatic heterocycles. The Balaban J connectivity index is 2.23. The van der Waals surface area contributed by atoms with Gasteiger partial charge < -0.3 is 15.0 Å². The molecule has 1 heterocycles. The number of nitrogens with one attached hydrogen (secondary N) is 1. The third-order valence-electron chi connectivity index (χ3n) is 2.97. The van der Waals surface area contributed by atoms with Gasteiger partial charge in [0.2, 0.25) is 0 Å². The normalized spacial score (nSPS) is 11.2. The molecule has 0 fully saturated rings. The number of rotatable bonds is 6. The molecule has 1 aromatic carbocycles. The molecule has 2 aromatic rings. The maximum absolute atomic E-state index is 8.88. The number of aromatic nitrogens is 1. The van der Waals surface area contributed by atoms with Crippen LogP contribution in [0.1, 0.15) is 18.9 Å². The Labute approximate surface area is 102 Å². The van der Waals surface area contributed by atoms with Crippen molar-refractivity contribution in [2.75, 3.05) is 13.2 Å². The Morgan fingerprint density at radius 1 is 1.29 bits per heavy atom. The molecule has 0 spiro atoms. The van der Waals surface area contributed by atoms with E-state index in [1.807, 2.05) is 0 Å². The molecule has 3 heteroatoms. The van der Waals surface area contributed by atoms with Crippen LogP contribution < -0.4 is 5.32 Å². The molecule has 0 aliphatic rings. The number of hydrogen-bond acceptors (Lipinski definition) is 2. The van der Waals surface area contributed by atoms with Crippen molar-refractivity contribution < 1.29 is 5.11 Å².